The molecule has 7 heteroatoms. The first-order chi connectivity index (χ1) is 9.56. The quantitative estimate of drug-likeness (QED) is 0.691. The average Bonchev–Trinajstić information content (AvgIpc) is 2.70. The molecule has 3 rings (SSSR count). The minimum absolute atomic E-state index is 0.0114. The van der Waals surface area contributed by atoms with Gasteiger partial charge in [-0.25, -0.2) is 4.98 Å². The molecule has 2 aromatic rings. The van der Waals surface area contributed by atoms with Crippen molar-refractivity contribution >= 4 is 27.2 Å². The van der Waals surface area contributed by atoms with Crippen molar-refractivity contribution in [1.82, 2.24) is 4.98 Å². The van der Waals surface area contributed by atoms with Crippen molar-refractivity contribution in [3.05, 3.63) is 27.3 Å². The Bertz CT molecular complexity index is 664. The molecule has 0 unspecified atom stereocenters. The van der Waals surface area contributed by atoms with Gasteiger partial charge in [-0.3, -0.25) is 10.1 Å². The van der Waals surface area contributed by atoms with E-state index >= 15 is 0 Å². The lowest BCUT2D eigenvalue weighted by Gasteiger charge is -2.34. The van der Waals surface area contributed by atoms with Gasteiger partial charge < -0.3 is 10.5 Å². The number of nitro benzene ring substituents is 1. The van der Waals surface area contributed by atoms with E-state index in [1.807, 2.05) is 6.92 Å². The van der Waals surface area contributed by atoms with Gasteiger partial charge in [0.25, 0.3) is 0 Å². The molecule has 1 fully saturated rings. The maximum Gasteiger partial charge on any atom is 0.312 e. The summed E-state index contributed by atoms with van der Waals surface area (Å²) in [6, 6.07) is 3.22. The van der Waals surface area contributed by atoms with Crippen LogP contribution >= 0.6 is 11.3 Å². The van der Waals surface area contributed by atoms with Crippen molar-refractivity contribution in [2.45, 2.75) is 25.9 Å². The smallest absolute Gasteiger partial charge is 0.312 e. The molecular formula is C13H15N3O3S. The fourth-order valence-corrected chi connectivity index (χ4v) is 3.28. The first-order valence-electron chi connectivity index (χ1n) is 6.49. The monoisotopic (exact) mass is 293 g/mol. The third-order valence-corrected chi connectivity index (χ3v) is 4.53. The SMILES string of the molecule is Cc1nc2cc(OC3CC(CN)C3)c([N+](=O)[O-])cc2s1. The molecule has 0 saturated heterocycles. The summed E-state index contributed by atoms with van der Waals surface area (Å²) < 4.78 is 6.57. The fraction of sp³-hybridized carbons (Fsp3) is 0.462. The molecule has 20 heavy (non-hydrogen) atoms. The molecule has 1 aromatic heterocycles. The predicted molar refractivity (Wildman–Crippen MR) is 77.2 cm³/mol. The number of aromatic nitrogens is 1. The summed E-state index contributed by atoms with van der Waals surface area (Å²) in [4.78, 5) is 15.1. The van der Waals surface area contributed by atoms with E-state index in [2.05, 4.69) is 4.98 Å². The topological polar surface area (TPSA) is 91.3 Å². The molecule has 106 valence electrons. The van der Waals surface area contributed by atoms with E-state index in [1.165, 1.54) is 11.3 Å². The molecule has 1 heterocycles. The number of rotatable bonds is 4. The highest BCUT2D eigenvalue weighted by Crippen LogP contribution is 2.38. The number of hydrogen-bond donors (Lipinski definition) is 1. The van der Waals surface area contributed by atoms with Gasteiger partial charge in [-0.2, -0.15) is 0 Å². The van der Waals surface area contributed by atoms with Crippen LogP contribution < -0.4 is 10.5 Å². The molecular weight excluding hydrogens is 278 g/mol. The summed E-state index contributed by atoms with van der Waals surface area (Å²) in [6.45, 7) is 2.53. The lowest BCUT2D eigenvalue weighted by Crippen LogP contribution is -2.37. The molecule has 0 radical (unpaired) electrons. The summed E-state index contributed by atoms with van der Waals surface area (Å²) in [7, 11) is 0. The Balaban J connectivity index is 1.91. The molecule has 0 amide bonds. The normalized spacial score (nSPS) is 21.7. The van der Waals surface area contributed by atoms with Gasteiger partial charge in [-0.1, -0.05) is 0 Å². The van der Waals surface area contributed by atoms with E-state index < -0.39 is 4.92 Å². The molecule has 0 aliphatic heterocycles. The molecule has 0 bridgehead atoms. The molecule has 1 aromatic carbocycles. The number of hydrogen-bond acceptors (Lipinski definition) is 6. The highest BCUT2D eigenvalue weighted by molar-refractivity contribution is 7.18. The van der Waals surface area contributed by atoms with E-state index in [0.717, 1.165) is 28.1 Å². The second kappa shape index (κ2) is 4.99. The number of ether oxygens (including phenoxy) is 1. The highest BCUT2D eigenvalue weighted by atomic mass is 32.1. The maximum atomic E-state index is 11.2. The first-order valence-corrected chi connectivity index (χ1v) is 7.30. The largest absolute Gasteiger partial charge is 0.483 e. The molecule has 0 spiro atoms. The zero-order valence-corrected chi connectivity index (χ0v) is 11.9. The van der Waals surface area contributed by atoms with Gasteiger partial charge in [-0.15, -0.1) is 11.3 Å². The minimum atomic E-state index is -0.400. The number of aryl methyl sites for hydroxylation is 1. The van der Waals surface area contributed by atoms with Crippen LogP contribution in [0.15, 0.2) is 12.1 Å². The Kier molecular flexibility index (Phi) is 3.31. The van der Waals surface area contributed by atoms with Crippen LogP contribution in [0.25, 0.3) is 10.2 Å². The van der Waals surface area contributed by atoms with E-state index in [0.29, 0.717) is 18.2 Å². The Labute approximate surface area is 119 Å². The van der Waals surface area contributed by atoms with Crippen LogP contribution in [-0.2, 0) is 0 Å². The van der Waals surface area contributed by atoms with E-state index in [1.54, 1.807) is 12.1 Å². The second-order valence-electron chi connectivity index (χ2n) is 5.09. The second-order valence-corrected chi connectivity index (χ2v) is 6.33. The van der Waals surface area contributed by atoms with Crippen LogP contribution in [0, 0.1) is 23.0 Å². The molecule has 1 saturated carbocycles. The van der Waals surface area contributed by atoms with Crippen LogP contribution in [0.5, 0.6) is 5.75 Å². The van der Waals surface area contributed by atoms with Gasteiger partial charge in [0.05, 0.1) is 26.3 Å². The zero-order valence-electron chi connectivity index (χ0n) is 11.0. The molecule has 6 nitrogen and oxygen atoms in total. The summed E-state index contributed by atoms with van der Waals surface area (Å²) in [5.41, 5.74) is 6.34. The zero-order chi connectivity index (χ0) is 14.3. The number of nitrogens with two attached hydrogens (primary N) is 1. The van der Waals surface area contributed by atoms with Gasteiger partial charge in [0.1, 0.15) is 0 Å². The van der Waals surface area contributed by atoms with Gasteiger partial charge in [0.15, 0.2) is 5.75 Å². The summed E-state index contributed by atoms with van der Waals surface area (Å²) in [6.07, 6.45) is 1.75. The fourth-order valence-electron chi connectivity index (χ4n) is 2.44. The number of fused-ring (bicyclic) bond motifs is 1. The number of benzene rings is 1. The van der Waals surface area contributed by atoms with E-state index in [4.69, 9.17) is 10.5 Å². The van der Waals surface area contributed by atoms with Crippen LogP contribution in [0.4, 0.5) is 5.69 Å². The van der Waals surface area contributed by atoms with E-state index in [-0.39, 0.29) is 11.8 Å². The standard InChI is InChI=1S/C13H15N3O3S/c1-7-15-10-4-12(19-9-2-8(3-9)6-14)11(16(17)18)5-13(10)20-7/h4-5,8-9H,2-3,6,14H2,1H3. The minimum Gasteiger partial charge on any atom is -0.483 e. The maximum absolute atomic E-state index is 11.2. The highest BCUT2D eigenvalue weighted by Gasteiger charge is 2.31. The Morgan fingerprint density at radius 3 is 2.95 bits per heavy atom. The molecule has 0 atom stereocenters. The summed E-state index contributed by atoms with van der Waals surface area (Å²) >= 11 is 1.45. The number of thiazole rings is 1. The van der Waals surface area contributed by atoms with Crippen molar-refractivity contribution in [2.24, 2.45) is 11.7 Å². The summed E-state index contributed by atoms with van der Waals surface area (Å²) in [5, 5.41) is 12.1. The van der Waals surface area contributed by atoms with Gasteiger partial charge in [0, 0.05) is 12.1 Å². The first kappa shape index (κ1) is 13.3. The van der Waals surface area contributed by atoms with Crippen molar-refractivity contribution in [2.75, 3.05) is 6.54 Å². The number of nitro groups is 1. The van der Waals surface area contributed by atoms with Crippen LogP contribution in [-0.4, -0.2) is 22.6 Å². The number of nitrogens with zero attached hydrogens (tertiary/aromatic N) is 2. The van der Waals surface area contributed by atoms with Crippen molar-refractivity contribution < 1.29 is 9.66 Å². The predicted octanol–water partition coefficient (Wildman–Crippen LogP) is 2.63. The van der Waals surface area contributed by atoms with Crippen LogP contribution in [0.3, 0.4) is 0 Å². The van der Waals surface area contributed by atoms with Gasteiger partial charge in [-0.05, 0) is 32.2 Å². The lowest BCUT2D eigenvalue weighted by atomic mass is 9.82. The van der Waals surface area contributed by atoms with Crippen molar-refractivity contribution in [1.29, 1.82) is 0 Å². The van der Waals surface area contributed by atoms with E-state index in [9.17, 15) is 10.1 Å². The molecule has 1 aliphatic carbocycles. The molecule has 2 N–H and O–H groups in total. The third kappa shape index (κ3) is 2.34. The summed E-state index contributed by atoms with van der Waals surface area (Å²) in [5.74, 6) is 0.789. The van der Waals surface area contributed by atoms with Gasteiger partial charge in [0.2, 0.25) is 0 Å². The molecule has 1 aliphatic rings. The Hall–Kier alpha value is -1.73. The average molecular weight is 293 g/mol. The lowest BCUT2D eigenvalue weighted by molar-refractivity contribution is -0.386. The Morgan fingerprint density at radius 1 is 1.55 bits per heavy atom. The van der Waals surface area contributed by atoms with Crippen molar-refractivity contribution in [3.63, 3.8) is 0 Å². The van der Waals surface area contributed by atoms with Crippen molar-refractivity contribution in [3.8, 4) is 5.75 Å². The third-order valence-electron chi connectivity index (χ3n) is 3.59. The van der Waals surface area contributed by atoms with Crippen LogP contribution in [0.1, 0.15) is 17.8 Å². The Morgan fingerprint density at radius 2 is 2.30 bits per heavy atom. The van der Waals surface area contributed by atoms with Crippen LogP contribution in [0.2, 0.25) is 0 Å². The van der Waals surface area contributed by atoms with Gasteiger partial charge >= 0.3 is 5.69 Å².